The molecule has 0 radical (unpaired) electrons. The van der Waals surface area contributed by atoms with Crippen LogP contribution in [0.15, 0.2) is 15.2 Å². The van der Waals surface area contributed by atoms with Gasteiger partial charge in [0.15, 0.2) is 0 Å². The zero-order valence-corrected chi connectivity index (χ0v) is 8.91. The normalized spacial score (nSPS) is 13.4. The van der Waals surface area contributed by atoms with Crippen LogP contribution in [0.3, 0.4) is 0 Å². The summed E-state index contributed by atoms with van der Waals surface area (Å²) in [6.45, 7) is 2.04. The predicted octanol–water partition coefficient (Wildman–Crippen LogP) is 2.79. The smallest absolute Gasteiger partial charge is 0.0701 e. The Morgan fingerprint density at radius 2 is 2.45 bits per heavy atom. The maximum atomic E-state index is 5.64. The molecule has 1 aromatic rings. The van der Waals surface area contributed by atoms with Gasteiger partial charge in [0.25, 0.3) is 0 Å². The third kappa shape index (κ3) is 3.36. The van der Waals surface area contributed by atoms with E-state index in [4.69, 9.17) is 5.73 Å². The van der Waals surface area contributed by atoms with Crippen molar-refractivity contribution in [3.63, 3.8) is 0 Å². The van der Waals surface area contributed by atoms with Gasteiger partial charge in [0.05, 0.1) is 3.79 Å². The Morgan fingerprint density at radius 3 is 2.91 bits per heavy atom. The van der Waals surface area contributed by atoms with Gasteiger partial charge in [-0.1, -0.05) is 0 Å². The molecule has 0 aromatic carbocycles. The van der Waals surface area contributed by atoms with Crippen LogP contribution < -0.4 is 5.73 Å². The van der Waals surface area contributed by atoms with Gasteiger partial charge in [-0.05, 0) is 52.7 Å². The monoisotopic (exact) mass is 233 g/mol. The van der Waals surface area contributed by atoms with Crippen molar-refractivity contribution in [3.8, 4) is 0 Å². The van der Waals surface area contributed by atoms with E-state index < -0.39 is 0 Å². The van der Waals surface area contributed by atoms with Crippen molar-refractivity contribution in [3.05, 3.63) is 20.8 Å². The lowest BCUT2D eigenvalue weighted by Crippen LogP contribution is -2.15. The average molecular weight is 234 g/mol. The van der Waals surface area contributed by atoms with Crippen LogP contribution in [0.25, 0.3) is 0 Å². The summed E-state index contributed by atoms with van der Waals surface area (Å²) < 4.78 is 1.21. The molecule has 1 atom stereocenters. The fourth-order valence-electron chi connectivity index (χ4n) is 0.871. The van der Waals surface area contributed by atoms with Gasteiger partial charge in [0, 0.05) is 6.04 Å². The summed E-state index contributed by atoms with van der Waals surface area (Å²) in [7, 11) is 0. The summed E-state index contributed by atoms with van der Waals surface area (Å²) in [5.74, 6) is 0. The highest BCUT2D eigenvalue weighted by molar-refractivity contribution is 9.11. The second-order valence-corrected chi connectivity index (χ2v) is 5.07. The van der Waals surface area contributed by atoms with E-state index in [0.717, 1.165) is 12.8 Å². The van der Waals surface area contributed by atoms with Crippen LogP contribution in [0, 0.1) is 0 Å². The largest absolute Gasteiger partial charge is 0.328 e. The molecule has 1 aromatic heterocycles. The highest BCUT2D eigenvalue weighted by Crippen LogP contribution is 2.21. The molecular weight excluding hydrogens is 222 g/mol. The zero-order valence-electron chi connectivity index (χ0n) is 6.51. The Kier molecular flexibility index (Phi) is 3.55. The van der Waals surface area contributed by atoms with Crippen LogP contribution in [-0.2, 0) is 6.42 Å². The second kappa shape index (κ2) is 4.24. The summed E-state index contributed by atoms with van der Waals surface area (Å²) in [4.78, 5) is 0. The molecule has 1 heterocycles. The number of hydrogen-bond donors (Lipinski definition) is 1. The highest BCUT2D eigenvalue weighted by atomic mass is 79.9. The molecule has 3 heteroatoms. The molecule has 62 valence electrons. The summed E-state index contributed by atoms with van der Waals surface area (Å²) in [5.41, 5.74) is 7.03. The maximum absolute atomic E-state index is 5.64. The summed E-state index contributed by atoms with van der Waals surface area (Å²) in [5, 5.41) is 2.17. The number of thiophene rings is 1. The van der Waals surface area contributed by atoms with Crippen molar-refractivity contribution in [1.29, 1.82) is 0 Å². The van der Waals surface area contributed by atoms with Crippen molar-refractivity contribution >= 4 is 27.3 Å². The van der Waals surface area contributed by atoms with Gasteiger partial charge in [0.1, 0.15) is 0 Å². The third-order valence-corrected chi connectivity index (χ3v) is 3.06. The number of rotatable bonds is 3. The molecule has 0 aliphatic heterocycles. The standard InChI is InChI=1S/C8H12BrNS/c1-6(10)2-3-7-4-8(9)11-5-7/h4-6H,2-3,10H2,1H3/t6-/m1/s1. The minimum Gasteiger partial charge on any atom is -0.328 e. The van der Waals surface area contributed by atoms with E-state index in [1.165, 1.54) is 9.35 Å². The first-order valence-corrected chi connectivity index (χ1v) is 5.34. The molecule has 0 amide bonds. The van der Waals surface area contributed by atoms with Crippen LogP contribution >= 0.6 is 27.3 Å². The molecule has 0 fully saturated rings. The van der Waals surface area contributed by atoms with Gasteiger partial charge in [-0.15, -0.1) is 11.3 Å². The first-order valence-electron chi connectivity index (χ1n) is 3.67. The maximum Gasteiger partial charge on any atom is 0.0701 e. The van der Waals surface area contributed by atoms with E-state index >= 15 is 0 Å². The minimum absolute atomic E-state index is 0.314. The molecule has 11 heavy (non-hydrogen) atoms. The van der Waals surface area contributed by atoms with Gasteiger partial charge < -0.3 is 5.73 Å². The van der Waals surface area contributed by atoms with Gasteiger partial charge in [-0.3, -0.25) is 0 Å². The van der Waals surface area contributed by atoms with Crippen LogP contribution in [0.5, 0.6) is 0 Å². The molecule has 0 saturated carbocycles. The molecule has 0 bridgehead atoms. The number of aryl methyl sites for hydroxylation is 1. The lowest BCUT2D eigenvalue weighted by molar-refractivity contribution is 0.667. The molecule has 0 aliphatic carbocycles. The minimum atomic E-state index is 0.314. The van der Waals surface area contributed by atoms with E-state index in [9.17, 15) is 0 Å². The SMILES string of the molecule is C[C@@H](N)CCc1csc(Br)c1. The lowest BCUT2D eigenvalue weighted by Gasteiger charge is -2.01. The molecule has 0 saturated heterocycles. The summed E-state index contributed by atoms with van der Waals surface area (Å²) in [6.07, 6.45) is 2.17. The van der Waals surface area contributed by atoms with Gasteiger partial charge >= 0.3 is 0 Å². The van der Waals surface area contributed by atoms with E-state index in [2.05, 4.69) is 27.4 Å². The average Bonchev–Trinajstić information content (AvgIpc) is 2.31. The molecule has 0 spiro atoms. The molecular formula is C8H12BrNS. The number of halogens is 1. The molecule has 1 rings (SSSR count). The van der Waals surface area contributed by atoms with Crippen molar-refractivity contribution < 1.29 is 0 Å². The van der Waals surface area contributed by atoms with E-state index in [1.807, 2.05) is 6.92 Å². The highest BCUT2D eigenvalue weighted by Gasteiger charge is 1.98. The Bertz CT molecular complexity index is 220. The Labute approximate surface area is 79.7 Å². The first-order chi connectivity index (χ1) is 5.18. The van der Waals surface area contributed by atoms with Crippen molar-refractivity contribution in [2.24, 2.45) is 5.73 Å². The fourth-order valence-corrected chi connectivity index (χ4v) is 2.11. The molecule has 0 unspecified atom stereocenters. The van der Waals surface area contributed by atoms with Gasteiger partial charge in [-0.25, -0.2) is 0 Å². The third-order valence-electron chi connectivity index (χ3n) is 1.51. The van der Waals surface area contributed by atoms with Gasteiger partial charge in [-0.2, -0.15) is 0 Å². The van der Waals surface area contributed by atoms with Crippen LogP contribution in [0.1, 0.15) is 18.9 Å². The van der Waals surface area contributed by atoms with Crippen LogP contribution in [-0.4, -0.2) is 6.04 Å². The van der Waals surface area contributed by atoms with Crippen molar-refractivity contribution in [1.82, 2.24) is 0 Å². The molecule has 2 N–H and O–H groups in total. The quantitative estimate of drug-likeness (QED) is 0.855. The second-order valence-electron chi connectivity index (χ2n) is 2.78. The van der Waals surface area contributed by atoms with Crippen LogP contribution in [0.2, 0.25) is 0 Å². The lowest BCUT2D eigenvalue weighted by atomic mass is 10.1. The topological polar surface area (TPSA) is 26.0 Å². The predicted molar refractivity (Wildman–Crippen MR) is 54.0 cm³/mol. The van der Waals surface area contributed by atoms with E-state index in [-0.39, 0.29) is 0 Å². The van der Waals surface area contributed by atoms with E-state index in [0.29, 0.717) is 6.04 Å². The number of hydrogen-bond acceptors (Lipinski definition) is 2. The Morgan fingerprint density at radius 1 is 1.73 bits per heavy atom. The zero-order chi connectivity index (χ0) is 8.27. The molecule has 1 nitrogen and oxygen atoms in total. The van der Waals surface area contributed by atoms with Crippen molar-refractivity contribution in [2.75, 3.05) is 0 Å². The van der Waals surface area contributed by atoms with E-state index in [1.54, 1.807) is 11.3 Å². The summed E-state index contributed by atoms with van der Waals surface area (Å²) in [6, 6.07) is 2.47. The number of nitrogens with two attached hydrogens (primary N) is 1. The fraction of sp³-hybridized carbons (Fsp3) is 0.500. The first kappa shape index (κ1) is 9.23. The Hall–Kier alpha value is 0.140. The Balaban J connectivity index is 2.39. The van der Waals surface area contributed by atoms with Gasteiger partial charge in [0.2, 0.25) is 0 Å². The summed E-state index contributed by atoms with van der Waals surface area (Å²) >= 11 is 5.16. The molecule has 0 aliphatic rings. The van der Waals surface area contributed by atoms with Crippen molar-refractivity contribution in [2.45, 2.75) is 25.8 Å². The van der Waals surface area contributed by atoms with Crippen LogP contribution in [0.4, 0.5) is 0 Å².